The molecule has 1 amide bonds. The summed E-state index contributed by atoms with van der Waals surface area (Å²) in [6.45, 7) is 2.41. The van der Waals surface area contributed by atoms with Gasteiger partial charge in [-0.3, -0.25) is 9.69 Å². The van der Waals surface area contributed by atoms with E-state index in [1.54, 1.807) is 37.2 Å². The van der Waals surface area contributed by atoms with Crippen LogP contribution in [0.15, 0.2) is 77.8 Å². The molecule has 5 rings (SSSR count). The van der Waals surface area contributed by atoms with Crippen molar-refractivity contribution in [2.24, 2.45) is 4.99 Å². The Hall–Kier alpha value is -4.51. The second-order valence-corrected chi connectivity index (χ2v) is 10.4. The normalized spacial score (nSPS) is 15.6. The van der Waals surface area contributed by atoms with E-state index in [0.717, 1.165) is 11.3 Å². The second-order valence-electron chi connectivity index (χ2n) is 10.4. The zero-order chi connectivity index (χ0) is 29.1. The molecule has 0 spiro atoms. The maximum Gasteiger partial charge on any atom is 0.337 e. The predicted molar refractivity (Wildman–Crippen MR) is 159 cm³/mol. The van der Waals surface area contributed by atoms with Crippen molar-refractivity contribution in [2.45, 2.75) is 0 Å². The van der Waals surface area contributed by atoms with Crippen LogP contribution in [0.4, 0.5) is 11.4 Å². The van der Waals surface area contributed by atoms with Gasteiger partial charge in [0, 0.05) is 42.3 Å². The number of esters is 1. The van der Waals surface area contributed by atoms with Crippen molar-refractivity contribution in [3.05, 3.63) is 94.7 Å². The van der Waals surface area contributed by atoms with Crippen molar-refractivity contribution in [1.82, 2.24) is 9.88 Å². The predicted octanol–water partition coefficient (Wildman–Crippen LogP) is 4.05. The number of hydroxylamine groups is 3. The lowest BCUT2D eigenvalue weighted by atomic mass is 10.00. The Morgan fingerprint density at radius 2 is 1.73 bits per heavy atom. The Kier molecular flexibility index (Phi) is 7.89. The fourth-order valence-electron chi connectivity index (χ4n) is 4.94. The van der Waals surface area contributed by atoms with Crippen LogP contribution in [-0.2, 0) is 9.53 Å². The summed E-state index contributed by atoms with van der Waals surface area (Å²) in [5.74, 6) is -0.590. The number of quaternary nitrogens is 1. The number of nitrogens with zero attached hydrogens (tertiary/aromatic N) is 4. The summed E-state index contributed by atoms with van der Waals surface area (Å²) in [5, 5.41) is 23.7. The maximum absolute atomic E-state index is 12.9. The van der Waals surface area contributed by atoms with Crippen LogP contribution in [-0.4, -0.2) is 91.2 Å². The van der Waals surface area contributed by atoms with Gasteiger partial charge in [0.15, 0.2) is 5.88 Å². The second kappa shape index (κ2) is 11.5. The molecule has 0 saturated carbocycles. The molecule has 0 aliphatic carbocycles. The SMILES string of the molecule is COC(=O)c1ccc2c(C(=Nc3ccc(N(C)C(=O)CN4CC[N+](C)([O-])CC4)cc3)c3ccccc3)c(O)[nH]c2c1. The molecule has 1 aliphatic rings. The van der Waals surface area contributed by atoms with E-state index in [0.29, 0.717) is 59.6 Å². The monoisotopic (exact) mass is 555 g/mol. The highest BCUT2D eigenvalue weighted by Gasteiger charge is 2.24. The minimum atomic E-state index is -0.469. The van der Waals surface area contributed by atoms with Crippen molar-refractivity contribution in [1.29, 1.82) is 0 Å². The van der Waals surface area contributed by atoms with Gasteiger partial charge in [0.25, 0.3) is 0 Å². The molecule has 41 heavy (non-hydrogen) atoms. The molecular formula is C31H33N5O5. The number of nitrogens with one attached hydrogen (secondary N) is 1. The van der Waals surface area contributed by atoms with Crippen LogP contribution in [0.5, 0.6) is 5.88 Å². The topological polar surface area (TPSA) is 121 Å². The standard InChI is InChI=1S/C31H33N5O5/c1-34(27(37)20-35-15-17-36(2,40)18-16-35)24-12-10-23(11-13-24)32-29(21-7-5-4-6-8-21)28-25-14-9-22(31(39)41-3)19-26(25)33-30(28)38/h4-14,19,33,38H,15-18,20H2,1-3H3. The van der Waals surface area contributed by atoms with Gasteiger partial charge in [-0.15, -0.1) is 0 Å². The molecule has 1 aliphatic heterocycles. The highest BCUT2D eigenvalue weighted by Crippen LogP contribution is 2.32. The lowest BCUT2D eigenvalue weighted by molar-refractivity contribution is -0.865. The van der Waals surface area contributed by atoms with E-state index in [9.17, 15) is 19.9 Å². The van der Waals surface area contributed by atoms with E-state index < -0.39 is 5.97 Å². The van der Waals surface area contributed by atoms with Crippen molar-refractivity contribution in [3.8, 4) is 5.88 Å². The van der Waals surface area contributed by atoms with Crippen molar-refractivity contribution in [3.63, 3.8) is 0 Å². The number of carbonyl (C=O) groups excluding carboxylic acids is 2. The first kappa shape index (κ1) is 28.0. The molecular weight excluding hydrogens is 522 g/mol. The third-order valence-corrected chi connectivity index (χ3v) is 7.47. The van der Waals surface area contributed by atoms with Crippen LogP contribution in [0.1, 0.15) is 21.5 Å². The number of ether oxygens (including phenoxy) is 1. The number of fused-ring (bicyclic) bond motifs is 1. The molecule has 2 N–H and O–H groups in total. The fourth-order valence-corrected chi connectivity index (χ4v) is 4.94. The third kappa shape index (κ3) is 6.14. The van der Waals surface area contributed by atoms with Gasteiger partial charge < -0.3 is 29.6 Å². The van der Waals surface area contributed by atoms with E-state index in [-0.39, 0.29) is 23.0 Å². The number of benzene rings is 3. The van der Waals surface area contributed by atoms with Gasteiger partial charge in [-0.1, -0.05) is 36.4 Å². The van der Waals surface area contributed by atoms with Gasteiger partial charge in [0.05, 0.1) is 56.3 Å². The first-order valence-electron chi connectivity index (χ1n) is 13.4. The quantitative estimate of drug-likeness (QED) is 0.154. The summed E-state index contributed by atoms with van der Waals surface area (Å²) in [7, 11) is 4.72. The number of aromatic nitrogens is 1. The molecule has 0 bridgehead atoms. The van der Waals surface area contributed by atoms with Gasteiger partial charge in [-0.2, -0.15) is 0 Å². The lowest BCUT2D eigenvalue weighted by Gasteiger charge is -2.45. The Morgan fingerprint density at radius 3 is 2.39 bits per heavy atom. The molecule has 0 unspecified atom stereocenters. The number of aromatic hydroxyl groups is 1. The molecule has 2 heterocycles. The average Bonchev–Trinajstić information content (AvgIpc) is 3.31. The summed E-state index contributed by atoms with van der Waals surface area (Å²) < 4.78 is 4.56. The molecule has 1 saturated heterocycles. The lowest BCUT2D eigenvalue weighted by Crippen LogP contribution is -2.55. The number of hydrogen-bond acceptors (Lipinski definition) is 7. The molecule has 212 valence electrons. The molecule has 1 fully saturated rings. The van der Waals surface area contributed by atoms with Crippen LogP contribution < -0.4 is 4.90 Å². The Bertz CT molecular complexity index is 1580. The molecule has 10 nitrogen and oxygen atoms in total. The number of aromatic amines is 1. The first-order valence-corrected chi connectivity index (χ1v) is 13.4. The van der Waals surface area contributed by atoms with Crippen LogP contribution in [0.2, 0.25) is 0 Å². The molecule has 4 aromatic rings. The van der Waals surface area contributed by atoms with E-state index in [4.69, 9.17) is 9.73 Å². The summed E-state index contributed by atoms with van der Waals surface area (Å²) >= 11 is 0. The van der Waals surface area contributed by atoms with E-state index in [1.165, 1.54) is 7.11 Å². The highest BCUT2D eigenvalue weighted by atomic mass is 16.5. The zero-order valence-corrected chi connectivity index (χ0v) is 23.3. The van der Waals surface area contributed by atoms with Crippen molar-refractivity contribution < 1.29 is 24.1 Å². The number of piperazine rings is 1. The first-order chi connectivity index (χ1) is 19.6. The summed E-state index contributed by atoms with van der Waals surface area (Å²) in [5.41, 5.74) is 4.15. The highest BCUT2D eigenvalue weighted by molar-refractivity contribution is 6.22. The summed E-state index contributed by atoms with van der Waals surface area (Å²) in [6.07, 6.45) is 0. The minimum Gasteiger partial charge on any atom is -0.633 e. The van der Waals surface area contributed by atoms with Crippen LogP contribution in [0, 0.1) is 5.21 Å². The zero-order valence-electron chi connectivity index (χ0n) is 23.3. The van der Waals surface area contributed by atoms with Gasteiger partial charge in [-0.25, -0.2) is 9.79 Å². The molecule has 3 aromatic carbocycles. The van der Waals surface area contributed by atoms with Crippen LogP contribution in [0.25, 0.3) is 10.9 Å². The third-order valence-electron chi connectivity index (χ3n) is 7.47. The number of rotatable bonds is 7. The largest absolute Gasteiger partial charge is 0.633 e. The summed E-state index contributed by atoms with van der Waals surface area (Å²) in [4.78, 5) is 36.5. The van der Waals surface area contributed by atoms with E-state index in [2.05, 4.69) is 4.98 Å². The smallest absolute Gasteiger partial charge is 0.337 e. The fraction of sp³-hybridized carbons (Fsp3) is 0.258. The van der Waals surface area contributed by atoms with Gasteiger partial charge >= 0.3 is 5.97 Å². The van der Waals surface area contributed by atoms with E-state index in [1.807, 2.05) is 59.5 Å². The van der Waals surface area contributed by atoms with Gasteiger partial charge in [0.2, 0.25) is 5.91 Å². The molecule has 10 heteroatoms. The Morgan fingerprint density at radius 1 is 1.05 bits per heavy atom. The number of carbonyl (C=O) groups is 2. The molecule has 0 atom stereocenters. The van der Waals surface area contributed by atoms with Gasteiger partial charge in [0.1, 0.15) is 0 Å². The number of aliphatic imine (C=N–C) groups is 1. The number of likely N-dealkylation sites (N-methyl/N-ethyl adjacent to an activating group) is 2. The Labute approximate surface area is 238 Å². The number of hydrogen-bond donors (Lipinski definition) is 2. The molecule has 0 radical (unpaired) electrons. The van der Waals surface area contributed by atoms with Gasteiger partial charge in [-0.05, 0) is 36.4 Å². The average molecular weight is 556 g/mol. The maximum atomic E-state index is 12.9. The van der Waals surface area contributed by atoms with Crippen molar-refractivity contribution >= 4 is 39.9 Å². The summed E-state index contributed by atoms with van der Waals surface area (Å²) in [6, 6.07) is 21.9. The molecule has 1 aromatic heterocycles. The number of H-pyrrole nitrogens is 1. The van der Waals surface area contributed by atoms with E-state index >= 15 is 0 Å². The van der Waals surface area contributed by atoms with Crippen LogP contribution >= 0.6 is 0 Å². The number of methoxy groups -OCH3 is 1. The number of amides is 1. The minimum absolute atomic E-state index is 0.0525. The Balaban J connectivity index is 1.42. The number of anilines is 1. The van der Waals surface area contributed by atoms with Crippen molar-refractivity contribution in [2.75, 3.05) is 58.8 Å². The van der Waals surface area contributed by atoms with Crippen LogP contribution in [0.3, 0.4) is 0 Å².